The smallest absolute Gasteiger partial charge is 0.233 e. The van der Waals surface area contributed by atoms with Gasteiger partial charge < -0.3 is 9.64 Å². The lowest BCUT2D eigenvalue weighted by atomic mass is 10.2. The number of nitrogens with zero attached hydrogens (tertiary/aromatic N) is 3. The van der Waals surface area contributed by atoms with E-state index < -0.39 is 0 Å². The van der Waals surface area contributed by atoms with Crippen molar-refractivity contribution in [3.63, 3.8) is 0 Å². The number of anilines is 1. The molecular formula is C14H16ClN3O. The predicted octanol–water partition coefficient (Wildman–Crippen LogP) is 2.73. The Labute approximate surface area is 118 Å². The first-order chi connectivity index (χ1) is 9.33. The van der Waals surface area contributed by atoms with Crippen LogP contribution >= 0.6 is 11.6 Å². The van der Waals surface area contributed by atoms with E-state index in [2.05, 4.69) is 27.0 Å². The monoisotopic (exact) mass is 277 g/mol. The Bertz CT molecular complexity index is 507. The molecule has 0 fully saturated rings. The van der Waals surface area contributed by atoms with E-state index >= 15 is 0 Å². The molecule has 0 aliphatic rings. The fourth-order valence-electron chi connectivity index (χ4n) is 1.77. The summed E-state index contributed by atoms with van der Waals surface area (Å²) in [4.78, 5) is 10.6. The standard InChI is InChI=1S/C14H16ClN3O/c1-19-14-10-16-9-13(17-14)18(8-7-15)11-12-5-3-2-4-6-12/h2-6,9-10H,7-8,11H2,1H3. The van der Waals surface area contributed by atoms with Gasteiger partial charge in [0.05, 0.1) is 19.5 Å². The van der Waals surface area contributed by atoms with Crippen molar-refractivity contribution in [1.82, 2.24) is 9.97 Å². The number of hydrogen-bond acceptors (Lipinski definition) is 4. The fraction of sp³-hybridized carbons (Fsp3) is 0.286. The maximum absolute atomic E-state index is 5.86. The van der Waals surface area contributed by atoms with Crippen molar-refractivity contribution in [2.24, 2.45) is 0 Å². The highest BCUT2D eigenvalue weighted by molar-refractivity contribution is 6.18. The third-order valence-corrected chi connectivity index (χ3v) is 2.87. The van der Waals surface area contributed by atoms with Crippen LogP contribution in [0.2, 0.25) is 0 Å². The first-order valence-corrected chi connectivity index (χ1v) is 6.58. The van der Waals surface area contributed by atoms with Gasteiger partial charge in [0.25, 0.3) is 0 Å². The molecule has 0 aliphatic carbocycles. The minimum absolute atomic E-state index is 0.505. The van der Waals surface area contributed by atoms with Crippen LogP contribution in [0, 0.1) is 0 Å². The number of methoxy groups -OCH3 is 1. The molecule has 19 heavy (non-hydrogen) atoms. The molecule has 1 heterocycles. The van der Waals surface area contributed by atoms with Crippen molar-refractivity contribution in [3.8, 4) is 5.88 Å². The molecule has 5 heteroatoms. The fourth-order valence-corrected chi connectivity index (χ4v) is 1.97. The van der Waals surface area contributed by atoms with Crippen molar-refractivity contribution in [2.45, 2.75) is 6.54 Å². The molecule has 1 aromatic carbocycles. The number of alkyl halides is 1. The number of halogens is 1. The zero-order chi connectivity index (χ0) is 13.5. The Morgan fingerprint density at radius 1 is 1.21 bits per heavy atom. The van der Waals surface area contributed by atoms with E-state index in [1.807, 2.05) is 18.2 Å². The highest BCUT2D eigenvalue weighted by atomic mass is 35.5. The number of ether oxygens (including phenoxy) is 1. The summed E-state index contributed by atoms with van der Waals surface area (Å²) in [7, 11) is 1.58. The van der Waals surface area contributed by atoms with Gasteiger partial charge in [0.2, 0.25) is 5.88 Å². The lowest BCUT2D eigenvalue weighted by Crippen LogP contribution is -2.26. The second kappa shape index (κ2) is 6.95. The van der Waals surface area contributed by atoms with Crippen LogP contribution in [-0.2, 0) is 6.54 Å². The third kappa shape index (κ3) is 3.83. The Morgan fingerprint density at radius 2 is 2.00 bits per heavy atom. The number of aromatic nitrogens is 2. The molecule has 0 saturated heterocycles. The van der Waals surface area contributed by atoms with Gasteiger partial charge in [0, 0.05) is 19.0 Å². The van der Waals surface area contributed by atoms with Gasteiger partial charge in [-0.05, 0) is 5.56 Å². The molecule has 0 saturated carbocycles. The van der Waals surface area contributed by atoms with Crippen LogP contribution in [-0.4, -0.2) is 29.5 Å². The summed E-state index contributed by atoms with van der Waals surface area (Å²) < 4.78 is 5.10. The highest BCUT2D eigenvalue weighted by Crippen LogP contribution is 2.16. The van der Waals surface area contributed by atoms with Crippen LogP contribution in [0.15, 0.2) is 42.7 Å². The first kappa shape index (κ1) is 13.6. The van der Waals surface area contributed by atoms with Crippen molar-refractivity contribution < 1.29 is 4.74 Å². The van der Waals surface area contributed by atoms with Crippen LogP contribution in [0.5, 0.6) is 5.88 Å². The van der Waals surface area contributed by atoms with Crippen LogP contribution in [0.3, 0.4) is 0 Å². The molecule has 100 valence electrons. The normalized spacial score (nSPS) is 10.2. The van der Waals surface area contributed by atoms with Gasteiger partial charge in [0.1, 0.15) is 0 Å². The maximum Gasteiger partial charge on any atom is 0.233 e. The summed E-state index contributed by atoms with van der Waals surface area (Å²) in [6, 6.07) is 10.2. The summed E-state index contributed by atoms with van der Waals surface area (Å²) >= 11 is 5.86. The van der Waals surface area contributed by atoms with Gasteiger partial charge >= 0.3 is 0 Å². The molecule has 0 radical (unpaired) electrons. The van der Waals surface area contributed by atoms with Crippen LogP contribution < -0.4 is 9.64 Å². The van der Waals surface area contributed by atoms with E-state index in [-0.39, 0.29) is 0 Å². The zero-order valence-electron chi connectivity index (χ0n) is 10.8. The quantitative estimate of drug-likeness (QED) is 0.761. The number of hydrogen-bond donors (Lipinski definition) is 0. The molecule has 0 unspecified atom stereocenters. The van der Waals surface area contributed by atoms with Gasteiger partial charge in [-0.25, -0.2) is 0 Å². The zero-order valence-corrected chi connectivity index (χ0v) is 11.5. The van der Waals surface area contributed by atoms with Crippen LogP contribution in [0.1, 0.15) is 5.56 Å². The topological polar surface area (TPSA) is 38.2 Å². The predicted molar refractivity (Wildman–Crippen MR) is 76.8 cm³/mol. The second-order valence-electron chi connectivity index (χ2n) is 4.02. The average molecular weight is 278 g/mol. The van der Waals surface area contributed by atoms with Gasteiger partial charge in [-0.15, -0.1) is 11.6 Å². The van der Waals surface area contributed by atoms with Gasteiger partial charge in [-0.2, -0.15) is 4.98 Å². The van der Waals surface area contributed by atoms with Crippen molar-refractivity contribution in [2.75, 3.05) is 24.4 Å². The van der Waals surface area contributed by atoms with E-state index in [9.17, 15) is 0 Å². The van der Waals surface area contributed by atoms with Crippen molar-refractivity contribution in [1.29, 1.82) is 0 Å². The van der Waals surface area contributed by atoms with Gasteiger partial charge in [-0.1, -0.05) is 30.3 Å². The third-order valence-electron chi connectivity index (χ3n) is 2.70. The van der Waals surface area contributed by atoms with Crippen LogP contribution in [0.4, 0.5) is 5.82 Å². The summed E-state index contributed by atoms with van der Waals surface area (Å²) in [6.07, 6.45) is 3.31. The van der Waals surface area contributed by atoms with E-state index in [0.29, 0.717) is 18.3 Å². The largest absolute Gasteiger partial charge is 0.480 e. The lowest BCUT2D eigenvalue weighted by Gasteiger charge is -2.22. The summed E-state index contributed by atoms with van der Waals surface area (Å²) in [5, 5.41) is 0. The molecular weight excluding hydrogens is 262 g/mol. The SMILES string of the molecule is COc1cncc(N(CCCl)Cc2ccccc2)n1. The Hall–Kier alpha value is -1.81. The molecule has 2 aromatic rings. The molecule has 0 aliphatic heterocycles. The highest BCUT2D eigenvalue weighted by Gasteiger charge is 2.09. The summed E-state index contributed by atoms with van der Waals surface area (Å²) in [6.45, 7) is 1.45. The van der Waals surface area contributed by atoms with Crippen LogP contribution in [0.25, 0.3) is 0 Å². The molecule has 2 rings (SSSR count). The van der Waals surface area contributed by atoms with Gasteiger partial charge in [0.15, 0.2) is 5.82 Å². The lowest BCUT2D eigenvalue weighted by molar-refractivity contribution is 0.395. The molecule has 0 N–H and O–H groups in total. The summed E-state index contributed by atoms with van der Waals surface area (Å²) in [5.74, 6) is 1.81. The van der Waals surface area contributed by atoms with Gasteiger partial charge in [-0.3, -0.25) is 4.98 Å². The minimum atomic E-state index is 0.505. The van der Waals surface area contributed by atoms with Crippen molar-refractivity contribution >= 4 is 17.4 Å². The first-order valence-electron chi connectivity index (χ1n) is 6.04. The maximum atomic E-state index is 5.86. The molecule has 4 nitrogen and oxygen atoms in total. The molecule has 0 spiro atoms. The molecule has 0 bridgehead atoms. The molecule has 1 aromatic heterocycles. The van der Waals surface area contributed by atoms with E-state index in [1.165, 1.54) is 5.56 Å². The van der Waals surface area contributed by atoms with E-state index in [4.69, 9.17) is 16.3 Å². The molecule has 0 amide bonds. The van der Waals surface area contributed by atoms with E-state index in [1.54, 1.807) is 19.5 Å². The minimum Gasteiger partial charge on any atom is -0.480 e. The van der Waals surface area contributed by atoms with Crippen molar-refractivity contribution in [3.05, 3.63) is 48.3 Å². The van der Waals surface area contributed by atoms with E-state index in [0.717, 1.165) is 12.4 Å². The Morgan fingerprint density at radius 3 is 2.68 bits per heavy atom. The molecule has 0 atom stereocenters. The summed E-state index contributed by atoms with van der Waals surface area (Å²) in [5.41, 5.74) is 1.21. The average Bonchev–Trinajstić information content (AvgIpc) is 2.48. The Balaban J connectivity index is 2.19. The Kier molecular flexibility index (Phi) is 4.98. The number of rotatable bonds is 6. The second-order valence-corrected chi connectivity index (χ2v) is 4.39. The number of benzene rings is 1.